The summed E-state index contributed by atoms with van der Waals surface area (Å²) >= 11 is 0. The smallest absolute Gasteiger partial charge is 0.354 e. The zero-order valence-electron chi connectivity index (χ0n) is 17.1. The molecule has 0 N–H and O–H groups in total. The molecule has 2 saturated heterocycles. The highest BCUT2D eigenvalue weighted by Crippen LogP contribution is 2.26. The molecule has 3 fully saturated rings. The molecule has 1 amide bonds. The number of hydroxylamine groups is 2. The van der Waals surface area contributed by atoms with E-state index in [0.29, 0.717) is 0 Å². The number of piperidine rings is 1. The molecule has 1 aromatic rings. The predicted molar refractivity (Wildman–Crippen MR) is 111 cm³/mol. The summed E-state index contributed by atoms with van der Waals surface area (Å²) in [6.07, 6.45) is 10.3. The normalized spacial score (nSPS) is 22.4. The number of hydrogen-bond acceptors (Lipinski definition) is 6. The Hall–Kier alpha value is -1.86. The van der Waals surface area contributed by atoms with Crippen LogP contribution in [0, 0.1) is 0 Å². The maximum absolute atomic E-state index is 12.5. The Morgan fingerprint density at radius 2 is 1.75 bits per heavy atom. The third-order valence-corrected chi connectivity index (χ3v) is 6.39. The molecule has 0 atom stereocenters. The average Bonchev–Trinajstić information content (AvgIpc) is 3.29. The number of nitrogens with zero attached hydrogens (tertiary/aromatic N) is 5. The summed E-state index contributed by atoms with van der Waals surface area (Å²) < 4.78 is 0. The van der Waals surface area contributed by atoms with Gasteiger partial charge in [0.2, 0.25) is 0 Å². The van der Waals surface area contributed by atoms with Crippen LogP contribution in [0.5, 0.6) is 0 Å². The molecule has 4 rings (SSSR count). The van der Waals surface area contributed by atoms with Crippen LogP contribution in [0.3, 0.4) is 0 Å². The summed E-state index contributed by atoms with van der Waals surface area (Å²) in [6.45, 7) is 5.84. The molecule has 0 spiro atoms. The summed E-state index contributed by atoms with van der Waals surface area (Å²) in [7, 11) is 1.77. The second-order valence-electron chi connectivity index (χ2n) is 8.24. The number of anilines is 2. The molecule has 1 aliphatic carbocycles. The van der Waals surface area contributed by atoms with Crippen molar-refractivity contribution < 1.29 is 9.63 Å². The Kier molecular flexibility index (Phi) is 6.32. The van der Waals surface area contributed by atoms with Crippen LogP contribution in [0.4, 0.5) is 16.3 Å². The van der Waals surface area contributed by atoms with Crippen LogP contribution in [-0.4, -0.2) is 73.4 Å². The molecule has 154 valence electrons. The van der Waals surface area contributed by atoms with Crippen LogP contribution in [0.1, 0.15) is 44.9 Å². The van der Waals surface area contributed by atoms with Crippen LogP contribution in [0.2, 0.25) is 0 Å². The molecule has 7 nitrogen and oxygen atoms in total. The lowest BCUT2D eigenvalue weighted by molar-refractivity contribution is -0.107. The van der Waals surface area contributed by atoms with Crippen molar-refractivity contribution in [3.05, 3.63) is 18.3 Å². The maximum atomic E-state index is 12.5. The van der Waals surface area contributed by atoms with Crippen LogP contribution >= 0.6 is 0 Å². The van der Waals surface area contributed by atoms with Crippen LogP contribution in [0.15, 0.2) is 18.3 Å². The molecule has 7 heteroatoms. The van der Waals surface area contributed by atoms with Crippen molar-refractivity contribution in [1.82, 2.24) is 14.9 Å². The zero-order chi connectivity index (χ0) is 19.3. The van der Waals surface area contributed by atoms with Gasteiger partial charge in [-0.05, 0) is 31.7 Å². The number of hydrogen-bond donors (Lipinski definition) is 0. The number of carbonyl (C=O) groups is 1. The van der Waals surface area contributed by atoms with E-state index < -0.39 is 0 Å². The van der Waals surface area contributed by atoms with Crippen molar-refractivity contribution >= 4 is 17.6 Å². The molecule has 3 aliphatic rings. The molecule has 1 saturated carbocycles. The highest BCUT2D eigenvalue weighted by molar-refractivity contribution is 5.87. The molecule has 0 unspecified atom stereocenters. The first-order chi connectivity index (χ1) is 13.7. The lowest BCUT2D eigenvalue weighted by Crippen LogP contribution is -2.50. The topological polar surface area (TPSA) is 52.2 Å². The van der Waals surface area contributed by atoms with Gasteiger partial charge < -0.3 is 9.74 Å². The SMILES string of the molecule is CN(C(=O)ON1CCCCC1)c1ccnc(N2CCN(C3CCCC3)CC2)c1. The van der Waals surface area contributed by atoms with E-state index in [0.717, 1.165) is 69.7 Å². The van der Waals surface area contributed by atoms with E-state index in [4.69, 9.17) is 4.84 Å². The number of amides is 1. The van der Waals surface area contributed by atoms with Gasteiger partial charge in [-0.15, -0.1) is 5.06 Å². The highest BCUT2D eigenvalue weighted by Gasteiger charge is 2.27. The number of rotatable bonds is 4. The summed E-state index contributed by atoms with van der Waals surface area (Å²) in [5.74, 6) is 0.946. The Morgan fingerprint density at radius 1 is 1.04 bits per heavy atom. The van der Waals surface area contributed by atoms with Crippen LogP contribution < -0.4 is 9.80 Å². The lowest BCUT2D eigenvalue weighted by atomic mass is 10.2. The minimum atomic E-state index is -0.329. The van der Waals surface area contributed by atoms with E-state index in [1.807, 2.05) is 12.1 Å². The van der Waals surface area contributed by atoms with Crippen LogP contribution in [-0.2, 0) is 4.84 Å². The predicted octanol–water partition coefficient (Wildman–Crippen LogP) is 3.12. The van der Waals surface area contributed by atoms with Gasteiger partial charge in [-0.3, -0.25) is 9.80 Å². The van der Waals surface area contributed by atoms with Crippen molar-refractivity contribution in [2.45, 2.75) is 51.0 Å². The average molecular weight is 388 g/mol. The van der Waals surface area contributed by atoms with Gasteiger partial charge in [-0.1, -0.05) is 19.3 Å². The van der Waals surface area contributed by atoms with Crippen molar-refractivity contribution in [2.75, 3.05) is 56.1 Å². The number of piperazine rings is 1. The maximum Gasteiger partial charge on any atom is 0.433 e. The minimum absolute atomic E-state index is 0.329. The molecule has 3 heterocycles. The number of pyridine rings is 1. The second-order valence-corrected chi connectivity index (χ2v) is 8.24. The Labute approximate surface area is 168 Å². The Balaban J connectivity index is 1.34. The molecule has 2 aliphatic heterocycles. The molecule has 0 bridgehead atoms. The van der Waals surface area contributed by atoms with Crippen LogP contribution in [0.25, 0.3) is 0 Å². The number of carbonyl (C=O) groups excluding carboxylic acids is 1. The number of aromatic nitrogens is 1. The Bertz CT molecular complexity index is 650. The molecule has 0 radical (unpaired) electrons. The zero-order valence-corrected chi connectivity index (χ0v) is 17.1. The third kappa shape index (κ3) is 4.58. The van der Waals surface area contributed by atoms with E-state index >= 15 is 0 Å². The van der Waals surface area contributed by atoms with Gasteiger partial charge in [0.25, 0.3) is 0 Å². The van der Waals surface area contributed by atoms with Gasteiger partial charge in [0.1, 0.15) is 5.82 Å². The van der Waals surface area contributed by atoms with E-state index in [-0.39, 0.29) is 6.09 Å². The standard InChI is InChI=1S/C21H33N5O2/c1-23(21(27)28-26-11-5-2-6-12-26)19-9-10-22-20(17-19)25-15-13-24(14-16-25)18-7-3-4-8-18/h9-10,17-18H,2-8,11-16H2,1H3. The first-order valence-corrected chi connectivity index (χ1v) is 10.9. The first-order valence-electron chi connectivity index (χ1n) is 10.9. The fourth-order valence-electron chi connectivity index (χ4n) is 4.61. The van der Waals surface area contributed by atoms with Crippen molar-refractivity contribution in [3.63, 3.8) is 0 Å². The molecule has 0 aromatic carbocycles. The fraction of sp³-hybridized carbons (Fsp3) is 0.714. The van der Waals surface area contributed by atoms with Gasteiger partial charge in [-0.2, -0.15) is 0 Å². The quantitative estimate of drug-likeness (QED) is 0.791. The van der Waals surface area contributed by atoms with E-state index in [9.17, 15) is 4.79 Å². The summed E-state index contributed by atoms with van der Waals surface area (Å²) in [5.41, 5.74) is 0.824. The van der Waals surface area contributed by atoms with E-state index in [2.05, 4.69) is 14.8 Å². The minimum Gasteiger partial charge on any atom is -0.354 e. The van der Waals surface area contributed by atoms with Gasteiger partial charge in [0.15, 0.2) is 0 Å². The third-order valence-electron chi connectivity index (χ3n) is 6.39. The summed E-state index contributed by atoms with van der Waals surface area (Å²) in [4.78, 5) is 29.2. The molecule has 1 aromatic heterocycles. The largest absolute Gasteiger partial charge is 0.433 e. The highest BCUT2D eigenvalue weighted by atomic mass is 16.7. The van der Waals surface area contributed by atoms with Crippen molar-refractivity contribution in [3.8, 4) is 0 Å². The van der Waals surface area contributed by atoms with Crippen molar-refractivity contribution in [2.24, 2.45) is 0 Å². The first kappa shape index (κ1) is 19.5. The fourth-order valence-corrected chi connectivity index (χ4v) is 4.61. The van der Waals surface area contributed by atoms with E-state index in [1.165, 1.54) is 32.1 Å². The summed E-state index contributed by atoms with van der Waals surface area (Å²) in [5, 5.41) is 1.78. The molecular formula is C21H33N5O2. The van der Waals surface area contributed by atoms with Gasteiger partial charge in [0.05, 0.1) is 5.69 Å². The second kappa shape index (κ2) is 9.09. The monoisotopic (exact) mass is 387 g/mol. The Morgan fingerprint density at radius 3 is 2.46 bits per heavy atom. The van der Waals surface area contributed by atoms with Gasteiger partial charge in [-0.25, -0.2) is 9.78 Å². The molecular weight excluding hydrogens is 354 g/mol. The van der Waals surface area contributed by atoms with Crippen molar-refractivity contribution in [1.29, 1.82) is 0 Å². The van der Waals surface area contributed by atoms with Gasteiger partial charge >= 0.3 is 6.09 Å². The lowest BCUT2D eigenvalue weighted by Gasteiger charge is -2.38. The van der Waals surface area contributed by atoms with E-state index in [1.54, 1.807) is 23.2 Å². The molecule has 28 heavy (non-hydrogen) atoms. The van der Waals surface area contributed by atoms with Gasteiger partial charge in [0, 0.05) is 64.6 Å². The summed E-state index contributed by atoms with van der Waals surface area (Å²) in [6, 6.07) is 4.66.